The average molecular weight is 1380 g/mol. The molecule has 0 aromatic heterocycles. The summed E-state index contributed by atoms with van der Waals surface area (Å²) in [5.74, 6) is -0.251. The number of hydrogen-bond donors (Lipinski definition) is 9. The fourth-order valence-corrected chi connectivity index (χ4v) is 12.9. The van der Waals surface area contributed by atoms with Crippen LogP contribution in [0.4, 0.5) is 0 Å². The Morgan fingerprint density at radius 3 is 1.12 bits per heavy atom. The van der Waals surface area contributed by atoms with Gasteiger partial charge in [0.2, 0.25) is 5.91 Å². The minimum Gasteiger partial charge on any atom is -0.394 e. The summed E-state index contributed by atoms with van der Waals surface area (Å²) < 4.78 is 22.9. The van der Waals surface area contributed by atoms with Crippen molar-refractivity contribution in [2.24, 2.45) is 0 Å². The van der Waals surface area contributed by atoms with Crippen molar-refractivity contribution in [1.82, 2.24) is 5.32 Å². The lowest BCUT2D eigenvalue weighted by Gasteiger charge is -2.46. The first kappa shape index (κ1) is 91.0. The van der Waals surface area contributed by atoms with E-state index in [1.807, 2.05) is 6.08 Å². The number of nitrogens with one attached hydrogen (secondary N) is 1. The molecule has 9 N–H and O–H groups in total. The molecule has 0 bridgehead atoms. The molecule has 0 saturated carbocycles. The second-order valence-corrected chi connectivity index (χ2v) is 28.2. The molecule has 2 aliphatic heterocycles. The molecular weight excluding hydrogens is 1230 g/mol. The van der Waals surface area contributed by atoms with Crippen molar-refractivity contribution in [1.29, 1.82) is 0 Å². The Morgan fingerprint density at radius 2 is 0.714 bits per heavy atom. The molecule has 2 rings (SSSR count). The number of aliphatic hydroxyl groups excluding tert-OH is 8. The van der Waals surface area contributed by atoms with E-state index in [2.05, 4.69) is 104 Å². The van der Waals surface area contributed by atoms with Crippen LogP contribution in [0.15, 0.2) is 97.2 Å². The Kier molecular flexibility index (Phi) is 62.3. The number of aliphatic hydroxyl groups is 8. The highest BCUT2D eigenvalue weighted by molar-refractivity contribution is 5.76. The van der Waals surface area contributed by atoms with Crippen LogP contribution < -0.4 is 5.32 Å². The summed E-state index contributed by atoms with van der Waals surface area (Å²) in [4.78, 5) is 13.4. The van der Waals surface area contributed by atoms with Gasteiger partial charge in [0.05, 0.1) is 32.0 Å². The number of carbonyl (C=O) groups is 1. The summed E-state index contributed by atoms with van der Waals surface area (Å²) in [5.41, 5.74) is 0. The standard InChI is InChI=1S/C84H149NO13/c1-3-5-7-9-11-13-15-17-19-21-23-25-27-29-31-33-35-36-38-39-41-43-45-47-49-51-53-55-57-59-61-63-65-67-73(88)72(71-95-83-81(94)79(92)82(75(70-87)97-83)98-84-80(93)78(91)77(90)74(69-86)96-84)85-76(89)68-66-64-62-60-58-56-54-52-50-48-46-44-42-40-37-34-32-30-28-26-24-22-20-18-16-14-12-10-8-6-4-2/h6,8,12,14,18,20,24,26,30,32,37,40,57,59,65,67,72-75,77-84,86-88,90-94H,3-5,7,9-11,13,15-17,19,21-23,25,27-29,31,33-36,38-39,41-56,58,60-64,66,68-71H2,1-2H3,(H,85,89)/b8-6-,14-12-,20-18-,26-24-,32-30-,40-37-,59-57+,67-65+. The van der Waals surface area contributed by atoms with E-state index >= 15 is 0 Å². The van der Waals surface area contributed by atoms with Crippen LogP contribution in [-0.4, -0.2) is 140 Å². The van der Waals surface area contributed by atoms with Crippen molar-refractivity contribution in [3.8, 4) is 0 Å². The Bertz CT molecular complexity index is 2020. The smallest absolute Gasteiger partial charge is 0.220 e. The predicted molar refractivity (Wildman–Crippen MR) is 406 cm³/mol. The van der Waals surface area contributed by atoms with Gasteiger partial charge in [-0.3, -0.25) is 4.79 Å². The van der Waals surface area contributed by atoms with E-state index in [-0.39, 0.29) is 18.9 Å². The van der Waals surface area contributed by atoms with Crippen molar-refractivity contribution in [3.05, 3.63) is 97.2 Å². The molecule has 12 unspecified atom stereocenters. The molecule has 14 nitrogen and oxygen atoms in total. The minimum absolute atomic E-state index is 0.251. The molecule has 0 aliphatic carbocycles. The van der Waals surface area contributed by atoms with Crippen LogP contribution in [0.2, 0.25) is 0 Å². The molecule has 14 heteroatoms. The molecule has 0 spiro atoms. The third-order valence-corrected chi connectivity index (χ3v) is 19.3. The number of hydrogen-bond acceptors (Lipinski definition) is 13. The van der Waals surface area contributed by atoms with Crippen LogP contribution in [-0.2, 0) is 23.7 Å². The maximum Gasteiger partial charge on any atom is 0.220 e. The summed E-state index contributed by atoms with van der Waals surface area (Å²) >= 11 is 0. The zero-order valence-corrected chi connectivity index (χ0v) is 62.3. The lowest BCUT2D eigenvalue weighted by atomic mass is 9.97. The van der Waals surface area contributed by atoms with Crippen molar-refractivity contribution in [2.45, 2.75) is 408 Å². The van der Waals surface area contributed by atoms with Crippen molar-refractivity contribution in [2.75, 3.05) is 19.8 Å². The molecule has 12 atom stereocenters. The fourth-order valence-electron chi connectivity index (χ4n) is 12.9. The van der Waals surface area contributed by atoms with Crippen LogP contribution in [0, 0.1) is 0 Å². The van der Waals surface area contributed by atoms with Gasteiger partial charge in [0.15, 0.2) is 12.6 Å². The molecule has 2 saturated heterocycles. The third-order valence-electron chi connectivity index (χ3n) is 19.3. The number of unbranched alkanes of at least 4 members (excludes halogenated alkanes) is 40. The van der Waals surface area contributed by atoms with Gasteiger partial charge in [-0.15, -0.1) is 0 Å². The second kappa shape index (κ2) is 67.1. The molecular formula is C84H149NO13. The van der Waals surface area contributed by atoms with Gasteiger partial charge in [-0.1, -0.05) is 342 Å². The largest absolute Gasteiger partial charge is 0.394 e. The molecule has 0 radical (unpaired) electrons. The monoisotopic (exact) mass is 1380 g/mol. The highest BCUT2D eigenvalue weighted by Gasteiger charge is 2.51. The third kappa shape index (κ3) is 49.5. The van der Waals surface area contributed by atoms with Crippen molar-refractivity contribution < 1.29 is 64.6 Å². The topological polar surface area (TPSA) is 228 Å². The quantitative estimate of drug-likeness (QED) is 0.0204. The Hall–Kier alpha value is -3.09. The number of allylic oxidation sites excluding steroid dienone is 15. The first-order chi connectivity index (χ1) is 48.1. The van der Waals surface area contributed by atoms with Crippen molar-refractivity contribution >= 4 is 5.91 Å². The molecule has 2 aliphatic rings. The van der Waals surface area contributed by atoms with E-state index in [0.29, 0.717) is 12.8 Å². The first-order valence-electron chi connectivity index (χ1n) is 40.5. The number of amides is 1. The maximum absolute atomic E-state index is 13.4. The highest BCUT2D eigenvalue weighted by Crippen LogP contribution is 2.30. The Labute approximate surface area is 598 Å². The summed E-state index contributed by atoms with van der Waals surface area (Å²) in [6, 6.07) is -0.941. The SMILES string of the molecule is CC/C=C\C/C=C\C/C=C\C/C=C\C/C=C\C/C=C\CCCCCCCCCCCCCCC(=O)NC(COC1OC(CO)C(OC2OC(CO)C(O)C(O)C2O)C(O)C1O)C(O)/C=C/CC/C=C/CCCCCCCCCCCCCCCCCCCCCCCCCCCCC. The van der Waals surface area contributed by atoms with Gasteiger partial charge in [-0.05, 0) is 83.5 Å². The van der Waals surface area contributed by atoms with E-state index in [1.165, 1.54) is 225 Å². The molecule has 2 heterocycles. The lowest BCUT2D eigenvalue weighted by molar-refractivity contribution is -0.359. The average Bonchev–Trinajstić information content (AvgIpc) is 0.793. The number of carbonyl (C=O) groups excluding carboxylic acids is 1. The first-order valence-corrected chi connectivity index (χ1v) is 40.5. The van der Waals surface area contributed by atoms with Gasteiger partial charge >= 0.3 is 0 Å². The Balaban J connectivity index is 1.64. The van der Waals surface area contributed by atoms with Crippen molar-refractivity contribution in [3.63, 3.8) is 0 Å². The summed E-state index contributed by atoms with van der Waals surface area (Å²) in [7, 11) is 0. The van der Waals surface area contributed by atoms with Gasteiger partial charge in [0, 0.05) is 6.42 Å². The van der Waals surface area contributed by atoms with Gasteiger partial charge in [0.25, 0.3) is 0 Å². The van der Waals surface area contributed by atoms with E-state index in [9.17, 15) is 45.6 Å². The van der Waals surface area contributed by atoms with Gasteiger partial charge in [-0.25, -0.2) is 0 Å². The Morgan fingerprint density at radius 1 is 0.378 bits per heavy atom. The highest BCUT2D eigenvalue weighted by atomic mass is 16.7. The minimum atomic E-state index is -1.80. The van der Waals surface area contributed by atoms with E-state index in [1.54, 1.807) is 6.08 Å². The molecule has 1 amide bonds. The molecule has 2 fully saturated rings. The van der Waals surface area contributed by atoms with E-state index in [0.717, 1.165) is 77.0 Å². The fraction of sp³-hybridized carbons (Fsp3) is 0.798. The second-order valence-electron chi connectivity index (χ2n) is 28.2. The number of ether oxygens (including phenoxy) is 4. The molecule has 98 heavy (non-hydrogen) atoms. The summed E-state index contributed by atoms with van der Waals surface area (Å²) in [5, 5.41) is 87.7. The van der Waals surface area contributed by atoms with Crippen LogP contribution in [0.25, 0.3) is 0 Å². The van der Waals surface area contributed by atoms with Gasteiger partial charge < -0.3 is 65.1 Å². The maximum atomic E-state index is 13.4. The molecule has 568 valence electrons. The zero-order valence-electron chi connectivity index (χ0n) is 62.3. The van der Waals surface area contributed by atoms with Crippen LogP contribution >= 0.6 is 0 Å². The van der Waals surface area contributed by atoms with Crippen LogP contribution in [0.1, 0.15) is 335 Å². The van der Waals surface area contributed by atoms with Crippen LogP contribution in [0.3, 0.4) is 0 Å². The zero-order chi connectivity index (χ0) is 70.8. The summed E-state index contributed by atoms with van der Waals surface area (Å²) in [6.07, 6.45) is 79.2. The van der Waals surface area contributed by atoms with Gasteiger partial charge in [0.1, 0.15) is 48.8 Å². The lowest BCUT2D eigenvalue weighted by Crippen LogP contribution is -2.65. The van der Waals surface area contributed by atoms with E-state index in [4.69, 9.17) is 18.9 Å². The van der Waals surface area contributed by atoms with E-state index < -0.39 is 86.8 Å². The predicted octanol–water partition coefficient (Wildman–Crippen LogP) is 18.5. The normalized spacial score (nSPS) is 22.6. The number of rotatable bonds is 67. The van der Waals surface area contributed by atoms with Crippen LogP contribution in [0.5, 0.6) is 0 Å². The summed E-state index contributed by atoms with van der Waals surface area (Å²) in [6.45, 7) is 2.71. The van der Waals surface area contributed by atoms with Gasteiger partial charge in [-0.2, -0.15) is 0 Å². The molecule has 0 aromatic rings. The molecule has 0 aromatic carbocycles.